The third kappa shape index (κ3) is 3.08. The molecule has 0 saturated carbocycles. The highest BCUT2D eigenvalue weighted by Crippen LogP contribution is 2.23. The maximum Gasteiger partial charge on any atom is 0.308 e. The van der Waals surface area contributed by atoms with Gasteiger partial charge in [-0.1, -0.05) is 23.8 Å². The highest BCUT2D eigenvalue weighted by molar-refractivity contribution is 5.71. The average Bonchev–Trinajstić information content (AvgIpc) is 2.55. The Labute approximate surface area is 129 Å². The van der Waals surface area contributed by atoms with Crippen LogP contribution in [-0.4, -0.2) is 34.4 Å². The fourth-order valence-electron chi connectivity index (χ4n) is 2.84. The lowest BCUT2D eigenvalue weighted by Gasteiger charge is -2.31. The minimum Gasteiger partial charge on any atom is -0.481 e. The highest BCUT2D eigenvalue weighted by Gasteiger charge is 2.26. The number of nitrogens with zero attached hydrogens (tertiary/aromatic N) is 3. The lowest BCUT2D eigenvalue weighted by molar-refractivity contribution is -0.141. The van der Waals surface area contributed by atoms with E-state index in [2.05, 4.69) is 16.3 Å². The van der Waals surface area contributed by atoms with E-state index < -0.39 is 5.97 Å². The lowest BCUT2D eigenvalue weighted by Crippen LogP contribution is -2.39. The minimum absolute atomic E-state index is 0.313. The first-order valence-electron chi connectivity index (χ1n) is 7.52. The summed E-state index contributed by atoms with van der Waals surface area (Å²) in [5.41, 5.74) is 3.06. The molecule has 0 amide bonds. The molecule has 5 heteroatoms. The van der Waals surface area contributed by atoms with E-state index in [-0.39, 0.29) is 5.92 Å². The van der Waals surface area contributed by atoms with E-state index >= 15 is 0 Å². The van der Waals surface area contributed by atoms with Gasteiger partial charge in [0, 0.05) is 18.7 Å². The molecule has 1 aromatic heterocycles. The number of carboxylic acid groups (broad SMARTS) is 1. The topological polar surface area (TPSA) is 66.3 Å². The molecule has 1 N–H and O–H groups in total. The van der Waals surface area contributed by atoms with Crippen molar-refractivity contribution in [3.05, 3.63) is 42.0 Å². The highest BCUT2D eigenvalue weighted by atomic mass is 16.4. The van der Waals surface area contributed by atoms with Crippen LogP contribution < -0.4 is 4.90 Å². The van der Waals surface area contributed by atoms with Crippen LogP contribution >= 0.6 is 0 Å². The van der Waals surface area contributed by atoms with Crippen molar-refractivity contribution in [2.24, 2.45) is 5.92 Å². The van der Waals surface area contributed by atoms with Crippen LogP contribution in [0.5, 0.6) is 0 Å². The number of anilines is 1. The van der Waals surface area contributed by atoms with Gasteiger partial charge in [0.25, 0.3) is 0 Å². The van der Waals surface area contributed by atoms with Gasteiger partial charge in [-0.15, -0.1) is 10.2 Å². The largest absolute Gasteiger partial charge is 0.481 e. The molecule has 1 aliphatic rings. The average molecular weight is 297 g/mol. The maximum absolute atomic E-state index is 11.1. The van der Waals surface area contributed by atoms with Crippen LogP contribution in [0, 0.1) is 12.8 Å². The summed E-state index contributed by atoms with van der Waals surface area (Å²) in [6.45, 7) is 3.39. The number of benzene rings is 1. The molecule has 1 saturated heterocycles. The predicted octanol–water partition coefficient (Wildman–Crippen LogP) is 2.75. The number of hydrogen-bond donors (Lipinski definition) is 1. The van der Waals surface area contributed by atoms with Crippen LogP contribution in [0.4, 0.5) is 5.82 Å². The molecule has 1 aromatic carbocycles. The number of piperidine rings is 1. The molecule has 1 fully saturated rings. The number of hydrogen-bond acceptors (Lipinski definition) is 4. The van der Waals surface area contributed by atoms with Crippen molar-refractivity contribution in [1.82, 2.24) is 10.2 Å². The Morgan fingerprint density at radius 1 is 1.27 bits per heavy atom. The first-order chi connectivity index (χ1) is 10.6. The van der Waals surface area contributed by atoms with Crippen LogP contribution in [0.1, 0.15) is 18.4 Å². The van der Waals surface area contributed by atoms with Gasteiger partial charge in [0.1, 0.15) is 0 Å². The maximum atomic E-state index is 11.1. The monoisotopic (exact) mass is 297 g/mol. The summed E-state index contributed by atoms with van der Waals surface area (Å²) < 4.78 is 0. The number of rotatable bonds is 3. The Morgan fingerprint density at radius 2 is 2.14 bits per heavy atom. The van der Waals surface area contributed by atoms with Crippen molar-refractivity contribution in [3.8, 4) is 11.3 Å². The number of aliphatic carboxylic acids is 1. The quantitative estimate of drug-likeness (QED) is 0.943. The van der Waals surface area contributed by atoms with E-state index in [1.54, 1.807) is 0 Å². The van der Waals surface area contributed by atoms with E-state index in [9.17, 15) is 4.79 Å². The van der Waals surface area contributed by atoms with Gasteiger partial charge in [0.15, 0.2) is 5.82 Å². The molecule has 0 radical (unpaired) electrons. The zero-order valence-corrected chi connectivity index (χ0v) is 12.6. The van der Waals surface area contributed by atoms with Gasteiger partial charge >= 0.3 is 5.97 Å². The number of carbonyl (C=O) groups is 1. The molecule has 0 spiro atoms. The van der Waals surface area contributed by atoms with Crippen LogP contribution in [-0.2, 0) is 4.79 Å². The van der Waals surface area contributed by atoms with Crippen LogP contribution in [0.15, 0.2) is 36.4 Å². The summed E-state index contributed by atoms with van der Waals surface area (Å²) in [6, 6.07) is 12.0. The van der Waals surface area contributed by atoms with Crippen LogP contribution in [0.3, 0.4) is 0 Å². The third-order valence-corrected chi connectivity index (χ3v) is 4.06. The predicted molar refractivity (Wildman–Crippen MR) is 84.8 cm³/mol. The van der Waals surface area contributed by atoms with Gasteiger partial charge in [-0.3, -0.25) is 4.79 Å². The Bertz CT molecular complexity index is 670. The van der Waals surface area contributed by atoms with Gasteiger partial charge in [-0.2, -0.15) is 0 Å². The van der Waals surface area contributed by atoms with Crippen molar-refractivity contribution in [2.75, 3.05) is 18.0 Å². The van der Waals surface area contributed by atoms with Crippen molar-refractivity contribution < 1.29 is 9.90 Å². The molecule has 1 aliphatic heterocycles. The molecule has 22 heavy (non-hydrogen) atoms. The minimum atomic E-state index is -0.728. The van der Waals surface area contributed by atoms with Gasteiger partial charge < -0.3 is 10.0 Å². The molecule has 1 unspecified atom stereocenters. The van der Waals surface area contributed by atoms with Gasteiger partial charge in [-0.05, 0) is 38.0 Å². The fraction of sp³-hybridized carbons (Fsp3) is 0.353. The number of aryl methyl sites for hydroxylation is 1. The molecular weight excluding hydrogens is 278 g/mol. The van der Waals surface area contributed by atoms with Crippen molar-refractivity contribution in [3.63, 3.8) is 0 Å². The second-order valence-corrected chi connectivity index (χ2v) is 5.77. The normalized spacial score (nSPS) is 18.2. The molecule has 1 atom stereocenters. The Hall–Kier alpha value is -2.43. The fourth-order valence-corrected chi connectivity index (χ4v) is 2.84. The smallest absolute Gasteiger partial charge is 0.308 e. The van der Waals surface area contributed by atoms with Crippen molar-refractivity contribution in [2.45, 2.75) is 19.8 Å². The van der Waals surface area contributed by atoms with Crippen molar-refractivity contribution >= 4 is 11.8 Å². The third-order valence-electron chi connectivity index (χ3n) is 4.06. The van der Waals surface area contributed by atoms with E-state index in [1.807, 2.05) is 42.2 Å². The van der Waals surface area contributed by atoms with E-state index in [4.69, 9.17) is 5.11 Å². The molecule has 0 bridgehead atoms. The van der Waals surface area contributed by atoms with E-state index in [0.29, 0.717) is 6.54 Å². The first-order valence-corrected chi connectivity index (χ1v) is 7.52. The summed E-state index contributed by atoms with van der Waals surface area (Å²) in [7, 11) is 0. The number of carboxylic acids is 1. The standard InChI is InChI=1S/C17H19N3O2/c1-12-4-2-5-13(10-12)15-7-8-16(19-18-15)20-9-3-6-14(11-20)17(21)22/h2,4-5,7-8,10,14H,3,6,9,11H2,1H3,(H,21,22). The lowest BCUT2D eigenvalue weighted by atomic mass is 9.98. The SMILES string of the molecule is Cc1cccc(-c2ccc(N3CCCC(C(=O)O)C3)nn2)c1. The summed E-state index contributed by atoms with van der Waals surface area (Å²) in [4.78, 5) is 13.1. The van der Waals surface area contributed by atoms with E-state index in [0.717, 1.165) is 36.5 Å². The van der Waals surface area contributed by atoms with Gasteiger partial charge in [0.2, 0.25) is 0 Å². The Kier molecular flexibility index (Phi) is 4.04. The summed E-state index contributed by atoms with van der Waals surface area (Å²) in [5.74, 6) is -0.289. The molecule has 3 rings (SSSR count). The number of aromatic nitrogens is 2. The summed E-state index contributed by atoms with van der Waals surface area (Å²) in [5, 5.41) is 17.7. The Morgan fingerprint density at radius 3 is 2.82 bits per heavy atom. The molecule has 5 nitrogen and oxygen atoms in total. The molecule has 114 valence electrons. The molecule has 2 heterocycles. The zero-order chi connectivity index (χ0) is 15.5. The second kappa shape index (κ2) is 6.13. The van der Waals surface area contributed by atoms with Crippen LogP contribution in [0.2, 0.25) is 0 Å². The first kappa shape index (κ1) is 14.5. The van der Waals surface area contributed by atoms with Gasteiger partial charge in [-0.25, -0.2) is 0 Å². The summed E-state index contributed by atoms with van der Waals surface area (Å²) in [6.07, 6.45) is 1.61. The summed E-state index contributed by atoms with van der Waals surface area (Å²) >= 11 is 0. The van der Waals surface area contributed by atoms with Crippen molar-refractivity contribution in [1.29, 1.82) is 0 Å². The van der Waals surface area contributed by atoms with E-state index in [1.165, 1.54) is 5.56 Å². The van der Waals surface area contributed by atoms with Gasteiger partial charge in [0.05, 0.1) is 11.6 Å². The molecule has 2 aromatic rings. The molecule has 0 aliphatic carbocycles. The van der Waals surface area contributed by atoms with Crippen LogP contribution in [0.25, 0.3) is 11.3 Å². The second-order valence-electron chi connectivity index (χ2n) is 5.77. The zero-order valence-electron chi connectivity index (χ0n) is 12.6. The Balaban J connectivity index is 1.78. The molecular formula is C17H19N3O2.